The van der Waals surface area contributed by atoms with Crippen molar-refractivity contribution in [3.05, 3.63) is 34.3 Å². The molecule has 0 bridgehead atoms. The van der Waals surface area contributed by atoms with Crippen LogP contribution in [-0.2, 0) is 4.74 Å². The van der Waals surface area contributed by atoms with Gasteiger partial charge < -0.3 is 4.74 Å². The summed E-state index contributed by atoms with van der Waals surface area (Å²) in [6.45, 7) is -0.327. The van der Waals surface area contributed by atoms with Crippen molar-refractivity contribution in [1.29, 1.82) is 0 Å². The first kappa shape index (κ1) is 15.0. The summed E-state index contributed by atoms with van der Waals surface area (Å²) >= 11 is 6.54. The fraction of sp³-hybridized carbons (Fsp3) is 0.455. The first-order chi connectivity index (χ1) is 7.92. The number of rotatable bonds is 5. The predicted octanol–water partition coefficient (Wildman–Crippen LogP) is 4.85. The van der Waals surface area contributed by atoms with E-state index < -0.39 is 12.6 Å². The fourth-order valence-electron chi connectivity index (χ4n) is 1.25. The Balaban J connectivity index is 2.54. The quantitative estimate of drug-likeness (QED) is 0.668. The lowest BCUT2D eigenvalue weighted by Gasteiger charge is -2.16. The molecule has 17 heavy (non-hydrogen) atoms. The maximum Gasteiger partial charge on any atom is 0.391 e. The summed E-state index contributed by atoms with van der Waals surface area (Å²) in [5.74, 6) is 0. The smallest absolute Gasteiger partial charge is 0.372 e. The Labute approximate surface area is 115 Å². The second-order valence-electron chi connectivity index (χ2n) is 3.43. The highest BCUT2D eigenvalue weighted by Crippen LogP contribution is 2.25. The van der Waals surface area contributed by atoms with E-state index >= 15 is 0 Å². The van der Waals surface area contributed by atoms with Crippen molar-refractivity contribution in [3.8, 4) is 0 Å². The van der Waals surface area contributed by atoms with Crippen LogP contribution in [0.15, 0.2) is 28.7 Å². The Bertz CT molecular complexity index is 355. The van der Waals surface area contributed by atoms with Crippen LogP contribution >= 0.6 is 31.9 Å². The van der Waals surface area contributed by atoms with Gasteiger partial charge in [0.15, 0.2) is 0 Å². The van der Waals surface area contributed by atoms with Gasteiger partial charge in [0, 0.05) is 9.80 Å². The monoisotopic (exact) mass is 374 g/mol. The van der Waals surface area contributed by atoms with Gasteiger partial charge in [-0.25, -0.2) is 0 Å². The molecule has 0 aliphatic carbocycles. The first-order valence-corrected chi connectivity index (χ1v) is 6.83. The third-order valence-corrected chi connectivity index (χ3v) is 3.15. The third-order valence-electron chi connectivity index (χ3n) is 2.07. The van der Waals surface area contributed by atoms with Crippen LogP contribution in [0.4, 0.5) is 13.2 Å². The molecule has 0 saturated carbocycles. The molecular formula is C11H11Br2F3O. The highest BCUT2D eigenvalue weighted by atomic mass is 79.9. The standard InChI is InChI=1S/C11H11Br2F3O/c12-7-10(17-5-4-11(14,15)16)8-2-1-3-9(13)6-8/h1-3,6,10H,4-5,7H2. The van der Waals surface area contributed by atoms with Crippen molar-refractivity contribution < 1.29 is 17.9 Å². The highest BCUT2D eigenvalue weighted by molar-refractivity contribution is 9.10. The molecule has 0 heterocycles. The van der Waals surface area contributed by atoms with Crippen molar-refractivity contribution in [3.63, 3.8) is 0 Å². The minimum absolute atomic E-state index is 0.327. The van der Waals surface area contributed by atoms with Gasteiger partial charge in [0.1, 0.15) is 0 Å². The van der Waals surface area contributed by atoms with Gasteiger partial charge in [-0.15, -0.1) is 0 Å². The number of alkyl halides is 4. The van der Waals surface area contributed by atoms with Gasteiger partial charge in [-0.05, 0) is 17.7 Å². The zero-order valence-electron chi connectivity index (χ0n) is 8.81. The highest BCUT2D eigenvalue weighted by Gasteiger charge is 2.27. The van der Waals surface area contributed by atoms with Crippen LogP contribution in [0.1, 0.15) is 18.1 Å². The van der Waals surface area contributed by atoms with Crippen molar-refractivity contribution in [2.45, 2.75) is 18.7 Å². The van der Waals surface area contributed by atoms with Crippen molar-refractivity contribution in [2.75, 3.05) is 11.9 Å². The van der Waals surface area contributed by atoms with Crippen LogP contribution in [0.25, 0.3) is 0 Å². The lowest BCUT2D eigenvalue weighted by molar-refractivity contribution is -0.148. The molecule has 0 aliphatic heterocycles. The molecule has 1 aromatic carbocycles. The van der Waals surface area contributed by atoms with E-state index in [1.807, 2.05) is 24.3 Å². The van der Waals surface area contributed by atoms with E-state index in [0.29, 0.717) is 5.33 Å². The number of benzene rings is 1. The van der Waals surface area contributed by atoms with Gasteiger partial charge in [-0.1, -0.05) is 44.0 Å². The van der Waals surface area contributed by atoms with E-state index in [4.69, 9.17) is 4.74 Å². The van der Waals surface area contributed by atoms with Crippen LogP contribution < -0.4 is 0 Å². The van der Waals surface area contributed by atoms with Crippen LogP contribution in [0, 0.1) is 0 Å². The van der Waals surface area contributed by atoms with Crippen LogP contribution in [0.2, 0.25) is 0 Å². The Hall–Kier alpha value is -0.0700. The molecule has 6 heteroatoms. The SMILES string of the molecule is FC(F)(F)CCOC(CBr)c1cccc(Br)c1. The third kappa shape index (κ3) is 5.88. The molecule has 0 aromatic heterocycles. The molecule has 1 nitrogen and oxygen atoms in total. The van der Waals surface area contributed by atoms with E-state index in [2.05, 4.69) is 31.9 Å². The summed E-state index contributed by atoms with van der Waals surface area (Å²) in [4.78, 5) is 0. The van der Waals surface area contributed by atoms with Crippen LogP contribution in [0.3, 0.4) is 0 Å². The number of ether oxygens (including phenoxy) is 1. The van der Waals surface area contributed by atoms with Gasteiger partial charge in [0.25, 0.3) is 0 Å². The maximum atomic E-state index is 12.0. The maximum absolute atomic E-state index is 12.0. The zero-order valence-corrected chi connectivity index (χ0v) is 12.0. The normalized spacial score (nSPS) is 13.7. The Kier molecular flexibility index (Phi) is 5.95. The van der Waals surface area contributed by atoms with Gasteiger partial charge >= 0.3 is 6.18 Å². The molecule has 1 unspecified atom stereocenters. The van der Waals surface area contributed by atoms with E-state index in [0.717, 1.165) is 10.0 Å². The van der Waals surface area contributed by atoms with Gasteiger partial charge in [-0.3, -0.25) is 0 Å². The molecule has 1 aromatic rings. The molecule has 1 atom stereocenters. The number of hydrogen-bond donors (Lipinski definition) is 0. The largest absolute Gasteiger partial charge is 0.391 e. The van der Waals surface area contributed by atoms with E-state index in [9.17, 15) is 13.2 Å². The predicted molar refractivity (Wildman–Crippen MR) is 67.3 cm³/mol. The Morgan fingerprint density at radius 2 is 2.00 bits per heavy atom. The average Bonchev–Trinajstić information content (AvgIpc) is 2.23. The molecule has 0 spiro atoms. The number of halogens is 5. The molecule has 0 fully saturated rings. The molecular weight excluding hydrogens is 365 g/mol. The van der Waals surface area contributed by atoms with Gasteiger partial charge in [-0.2, -0.15) is 13.2 Å². The summed E-state index contributed by atoms with van der Waals surface area (Å²) < 4.78 is 42.0. The summed E-state index contributed by atoms with van der Waals surface area (Å²) in [7, 11) is 0. The molecule has 0 radical (unpaired) electrons. The summed E-state index contributed by atoms with van der Waals surface area (Å²) in [6, 6.07) is 7.33. The lowest BCUT2D eigenvalue weighted by atomic mass is 10.1. The Morgan fingerprint density at radius 1 is 1.29 bits per heavy atom. The molecule has 0 saturated heterocycles. The van der Waals surface area contributed by atoms with Crippen LogP contribution in [0.5, 0.6) is 0 Å². The number of hydrogen-bond acceptors (Lipinski definition) is 1. The van der Waals surface area contributed by atoms with Crippen molar-refractivity contribution in [1.82, 2.24) is 0 Å². The summed E-state index contributed by atoms with van der Waals surface area (Å²) in [6.07, 6.45) is -5.46. The van der Waals surface area contributed by atoms with Crippen molar-refractivity contribution in [2.24, 2.45) is 0 Å². The van der Waals surface area contributed by atoms with E-state index in [-0.39, 0.29) is 12.7 Å². The molecule has 0 N–H and O–H groups in total. The average molecular weight is 376 g/mol. The second kappa shape index (κ2) is 6.75. The topological polar surface area (TPSA) is 9.23 Å². The molecule has 0 aliphatic rings. The second-order valence-corrected chi connectivity index (χ2v) is 5.00. The lowest BCUT2D eigenvalue weighted by Crippen LogP contribution is -2.14. The van der Waals surface area contributed by atoms with E-state index in [1.54, 1.807) is 0 Å². The summed E-state index contributed by atoms with van der Waals surface area (Å²) in [5, 5.41) is 0.460. The van der Waals surface area contributed by atoms with Gasteiger partial charge in [0.2, 0.25) is 0 Å². The minimum Gasteiger partial charge on any atom is -0.372 e. The molecule has 1 rings (SSSR count). The summed E-state index contributed by atoms with van der Waals surface area (Å²) in [5.41, 5.74) is 0.846. The Morgan fingerprint density at radius 3 is 2.53 bits per heavy atom. The van der Waals surface area contributed by atoms with Gasteiger partial charge in [0.05, 0.1) is 19.1 Å². The van der Waals surface area contributed by atoms with Crippen molar-refractivity contribution >= 4 is 31.9 Å². The van der Waals surface area contributed by atoms with Crippen LogP contribution in [-0.4, -0.2) is 18.1 Å². The molecule has 96 valence electrons. The minimum atomic E-state index is -4.17. The zero-order chi connectivity index (χ0) is 12.9. The molecule has 0 amide bonds. The van der Waals surface area contributed by atoms with E-state index in [1.165, 1.54) is 0 Å². The first-order valence-electron chi connectivity index (χ1n) is 4.92. The fourth-order valence-corrected chi connectivity index (χ4v) is 2.23.